The van der Waals surface area contributed by atoms with Crippen molar-refractivity contribution in [1.82, 2.24) is 0 Å². The van der Waals surface area contributed by atoms with Crippen molar-refractivity contribution in [2.75, 3.05) is 0 Å². The molecule has 1 heterocycles. The van der Waals surface area contributed by atoms with Gasteiger partial charge in [-0.2, -0.15) is 0 Å². The number of fused-ring (bicyclic) bond motifs is 1. The lowest BCUT2D eigenvalue weighted by molar-refractivity contribution is -0.105. The number of aliphatic imine (C=N–C) groups is 1. The third kappa shape index (κ3) is 1.57. The Morgan fingerprint density at radius 2 is 2.36 bits per heavy atom. The molecule has 0 unspecified atom stereocenters. The lowest BCUT2D eigenvalue weighted by atomic mass is 10.00. The summed E-state index contributed by atoms with van der Waals surface area (Å²) in [6.45, 7) is 2.11. The van der Waals surface area contributed by atoms with Crippen molar-refractivity contribution < 1.29 is 4.79 Å². The van der Waals surface area contributed by atoms with E-state index in [0.717, 1.165) is 49.7 Å². The molecule has 0 amide bonds. The highest BCUT2D eigenvalue weighted by molar-refractivity contribution is 6.06. The van der Waals surface area contributed by atoms with Gasteiger partial charge in [0.15, 0.2) is 0 Å². The smallest absolute Gasteiger partial charge is 0.146 e. The molecule has 0 spiro atoms. The average Bonchev–Trinajstić information content (AvgIpc) is 2.61. The van der Waals surface area contributed by atoms with E-state index in [-0.39, 0.29) is 0 Å². The molecular weight excluding hydrogens is 174 g/mol. The summed E-state index contributed by atoms with van der Waals surface area (Å²) in [7, 11) is 0. The number of aldehydes is 1. The predicted molar refractivity (Wildman–Crippen MR) is 57.4 cm³/mol. The normalized spacial score (nSPS) is 21.2. The van der Waals surface area contributed by atoms with Gasteiger partial charge in [0.25, 0.3) is 0 Å². The molecule has 0 radical (unpaired) electrons. The SMILES string of the molecule is CCC1=CN=C2CCCC2=C(C=O)C1. The first-order valence-electron chi connectivity index (χ1n) is 5.27. The van der Waals surface area contributed by atoms with E-state index in [0.29, 0.717) is 0 Å². The summed E-state index contributed by atoms with van der Waals surface area (Å²) >= 11 is 0. The molecule has 2 rings (SSSR count). The Bertz CT molecular complexity index is 347. The molecule has 0 aromatic rings. The van der Waals surface area contributed by atoms with Gasteiger partial charge in [0, 0.05) is 17.5 Å². The van der Waals surface area contributed by atoms with E-state index < -0.39 is 0 Å². The Morgan fingerprint density at radius 3 is 3.07 bits per heavy atom. The molecule has 2 heteroatoms. The van der Waals surface area contributed by atoms with Crippen LogP contribution in [0.15, 0.2) is 27.9 Å². The minimum atomic E-state index is 0.808. The van der Waals surface area contributed by atoms with E-state index in [2.05, 4.69) is 11.9 Å². The minimum Gasteiger partial charge on any atom is -0.298 e. The molecule has 0 atom stereocenters. The number of nitrogens with zero attached hydrogens (tertiary/aromatic N) is 1. The molecule has 1 aliphatic heterocycles. The fourth-order valence-electron chi connectivity index (χ4n) is 2.11. The van der Waals surface area contributed by atoms with Gasteiger partial charge in [-0.15, -0.1) is 0 Å². The quantitative estimate of drug-likeness (QED) is 0.614. The second kappa shape index (κ2) is 3.91. The van der Waals surface area contributed by atoms with Crippen LogP contribution in [0.25, 0.3) is 0 Å². The predicted octanol–water partition coefficient (Wildman–Crippen LogP) is 2.80. The van der Waals surface area contributed by atoms with Gasteiger partial charge in [0.2, 0.25) is 0 Å². The third-order valence-electron chi connectivity index (χ3n) is 2.99. The summed E-state index contributed by atoms with van der Waals surface area (Å²) < 4.78 is 0. The summed E-state index contributed by atoms with van der Waals surface area (Å²) in [5.41, 5.74) is 4.60. The van der Waals surface area contributed by atoms with Gasteiger partial charge in [-0.1, -0.05) is 6.92 Å². The summed E-state index contributed by atoms with van der Waals surface area (Å²) in [5, 5.41) is 0. The molecule has 2 nitrogen and oxygen atoms in total. The Labute approximate surface area is 84.4 Å². The molecule has 1 aliphatic carbocycles. The van der Waals surface area contributed by atoms with Crippen LogP contribution in [0.5, 0.6) is 0 Å². The van der Waals surface area contributed by atoms with Gasteiger partial charge in [0.1, 0.15) is 6.29 Å². The number of hydrogen-bond acceptors (Lipinski definition) is 2. The maximum atomic E-state index is 11.0. The van der Waals surface area contributed by atoms with Gasteiger partial charge < -0.3 is 0 Å². The maximum absolute atomic E-state index is 11.0. The van der Waals surface area contributed by atoms with Crippen molar-refractivity contribution in [2.24, 2.45) is 4.99 Å². The fraction of sp³-hybridized carbons (Fsp3) is 0.500. The molecule has 74 valence electrons. The van der Waals surface area contributed by atoms with Crippen molar-refractivity contribution in [3.05, 3.63) is 22.9 Å². The largest absolute Gasteiger partial charge is 0.298 e. The summed E-state index contributed by atoms with van der Waals surface area (Å²) in [4.78, 5) is 15.5. The summed E-state index contributed by atoms with van der Waals surface area (Å²) in [5.74, 6) is 0. The van der Waals surface area contributed by atoms with Crippen molar-refractivity contribution in [3.63, 3.8) is 0 Å². The first-order valence-corrected chi connectivity index (χ1v) is 5.27. The highest BCUT2D eigenvalue weighted by Crippen LogP contribution is 2.30. The van der Waals surface area contributed by atoms with Gasteiger partial charge in [-0.05, 0) is 43.3 Å². The van der Waals surface area contributed by atoms with Crippen LogP contribution in [0.3, 0.4) is 0 Å². The van der Waals surface area contributed by atoms with E-state index >= 15 is 0 Å². The number of hydrogen-bond donors (Lipinski definition) is 0. The Hall–Kier alpha value is -1.18. The van der Waals surface area contributed by atoms with Crippen molar-refractivity contribution in [2.45, 2.75) is 39.0 Å². The first kappa shape index (κ1) is 9.38. The standard InChI is InChI=1S/C12H15NO/c1-2-9-6-10(8-14)11-4-3-5-12(11)13-7-9/h7-8H,2-6H2,1H3. The zero-order valence-electron chi connectivity index (χ0n) is 8.55. The van der Waals surface area contributed by atoms with Gasteiger partial charge in [-0.3, -0.25) is 9.79 Å². The molecule has 0 saturated heterocycles. The molecule has 0 N–H and O–H groups in total. The lowest BCUT2D eigenvalue weighted by Gasteiger charge is -2.03. The van der Waals surface area contributed by atoms with Gasteiger partial charge >= 0.3 is 0 Å². The van der Waals surface area contributed by atoms with E-state index in [1.807, 2.05) is 6.20 Å². The number of carbonyl (C=O) groups excluding carboxylic acids is 1. The fourth-order valence-corrected chi connectivity index (χ4v) is 2.11. The number of rotatable bonds is 2. The minimum absolute atomic E-state index is 0.808. The van der Waals surface area contributed by atoms with E-state index in [1.165, 1.54) is 11.1 Å². The topological polar surface area (TPSA) is 29.4 Å². The zero-order valence-corrected chi connectivity index (χ0v) is 8.55. The molecular formula is C12H15NO. The molecule has 0 aromatic carbocycles. The molecule has 14 heavy (non-hydrogen) atoms. The van der Waals surface area contributed by atoms with Crippen LogP contribution in [-0.4, -0.2) is 12.0 Å². The molecule has 1 fully saturated rings. The van der Waals surface area contributed by atoms with Crippen LogP contribution in [0.2, 0.25) is 0 Å². The van der Waals surface area contributed by atoms with Crippen LogP contribution < -0.4 is 0 Å². The monoisotopic (exact) mass is 189 g/mol. The second-order valence-corrected chi connectivity index (χ2v) is 3.87. The third-order valence-corrected chi connectivity index (χ3v) is 2.99. The molecule has 2 aliphatic rings. The van der Waals surface area contributed by atoms with Crippen molar-refractivity contribution >= 4 is 12.0 Å². The van der Waals surface area contributed by atoms with Crippen LogP contribution in [0.4, 0.5) is 0 Å². The van der Waals surface area contributed by atoms with Crippen LogP contribution in [-0.2, 0) is 4.79 Å². The first-order chi connectivity index (χ1) is 6.85. The van der Waals surface area contributed by atoms with Gasteiger partial charge in [-0.25, -0.2) is 0 Å². The van der Waals surface area contributed by atoms with Crippen LogP contribution >= 0.6 is 0 Å². The lowest BCUT2D eigenvalue weighted by Crippen LogP contribution is -1.98. The van der Waals surface area contributed by atoms with Crippen LogP contribution in [0.1, 0.15) is 39.0 Å². The number of carbonyl (C=O) groups is 1. The van der Waals surface area contributed by atoms with E-state index in [4.69, 9.17) is 0 Å². The Kier molecular flexibility index (Phi) is 2.62. The zero-order chi connectivity index (χ0) is 9.97. The van der Waals surface area contributed by atoms with E-state index in [1.54, 1.807) is 0 Å². The van der Waals surface area contributed by atoms with Crippen molar-refractivity contribution in [3.8, 4) is 0 Å². The molecule has 0 bridgehead atoms. The second-order valence-electron chi connectivity index (χ2n) is 3.87. The summed E-state index contributed by atoms with van der Waals surface area (Å²) in [6.07, 6.45) is 8.00. The van der Waals surface area contributed by atoms with Crippen molar-refractivity contribution in [1.29, 1.82) is 0 Å². The Morgan fingerprint density at radius 1 is 1.50 bits per heavy atom. The van der Waals surface area contributed by atoms with Crippen LogP contribution in [0, 0.1) is 0 Å². The molecule has 1 saturated carbocycles. The van der Waals surface area contributed by atoms with Gasteiger partial charge in [0.05, 0.1) is 0 Å². The summed E-state index contributed by atoms with van der Waals surface area (Å²) in [6, 6.07) is 0. The van der Waals surface area contributed by atoms with E-state index in [9.17, 15) is 4.79 Å². The molecule has 0 aromatic heterocycles. The highest BCUT2D eigenvalue weighted by Gasteiger charge is 2.21. The average molecular weight is 189 g/mol. The number of allylic oxidation sites excluding steroid dienone is 3. The maximum Gasteiger partial charge on any atom is 0.146 e. The highest BCUT2D eigenvalue weighted by atomic mass is 16.1. The Balaban J connectivity index is 2.41.